The second-order valence-electron chi connectivity index (χ2n) is 8.01. The molecule has 0 saturated heterocycles. The molecule has 0 aliphatic rings. The fourth-order valence-electron chi connectivity index (χ4n) is 3.48. The molecule has 4 aromatic rings. The summed E-state index contributed by atoms with van der Waals surface area (Å²) >= 11 is 0. The van der Waals surface area contributed by atoms with Gasteiger partial charge in [-0.25, -0.2) is 13.1 Å². The van der Waals surface area contributed by atoms with Crippen LogP contribution in [0, 0.1) is 0 Å². The molecule has 10 heteroatoms. The summed E-state index contributed by atoms with van der Waals surface area (Å²) in [5.74, 6) is 2.25. The van der Waals surface area contributed by atoms with Crippen LogP contribution < -0.4 is 15.4 Å². The number of nitrogens with zero attached hydrogens (tertiary/aromatic N) is 3. The highest BCUT2D eigenvalue weighted by molar-refractivity contribution is 7.90. The molecule has 184 valence electrons. The topological polar surface area (TPSA) is 111 Å². The van der Waals surface area contributed by atoms with E-state index in [2.05, 4.69) is 20.7 Å². The minimum atomic E-state index is -3.49. The van der Waals surface area contributed by atoms with Crippen LogP contribution in [0.5, 0.6) is 5.75 Å². The third kappa shape index (κ3) is 7.17. The van der Waals surface area contributed by atoms with Crippen molar-refractivity contribution >= 4 is 15.8 Å². The largest absolute Gasteiger partial charge is 0.494 e. The Morgan fingerprint density at radius 2 is 1.89 bits per heavy atom. The average Bonchev–Trinajstić information content (AvgIpc) is 3.49. The molecule has 2 N–H and O–H groups in total. The van der Waals surface area contributed by atoms with Crippen LogP contribution in [0.1, 0.15) is 23.6 Å². The zero-order valence-corrected chi connectivity index (χ0v) is 20.4. The van der Waals surface area contributed by atoms with E-state index in [-0.39, 0.29) is 16.5 Å². The van der Waals surface area contributed by atoms with Crippen molar-refractivity contribution in [1.82, 2.24) is 20.1 Å². The highest BCUT2D eigenvalue weighted by Gasteiger charge is 2.19. The van der Waals surface area contributed by atoms with Crippen LogP contribution in [0.25, 0.3) is 0 Å². The number of ether oxygens (including phenoxy) is 1. The molecule has 2 aromatic heterocycles. The number of hydrogen-bond donors (Lipinski definition) is 2. The lowest BCUT2D eigenvalue weighted by atomic mass is 10.2. The molecule has 4 rings (SSSR count). The maximum atomic E-state index is 12.6. The number of aryl methyl sites for hydroxylation is 1. The highest BCUT2D eigenvalue weighted by atomic mass is 32.2. The maximum Gasteiger partial charge on any atom is 0.221 e. The Hall–Kier alpha value is -3.63. The minimum Gasteiger partial charge on any atom is -0.494 e. The van der Waals surface area contributed by atoms with Gasteiger partial charge in [-0.2, -0.15) is 10.1 Å². The van der Waals surface area contributed by atoms with Gasteiger partial charge in [0.2, 0.25) is 5.95 Å². The molecule has 0 radical (unpaired) electrons. The van der Waals surface area contributed by atoms with E-state index >= 15 is 0 Å². The summed E-state index contributed by atoms with van der Waals surface area (Å²) in [5, 5.41) is 10.8. The first-order valence-corrected chi connectivity index (χ1v) is 13.0. The van der Waals surface area contributed by atoms with Crippen LogP contribution in [-0.4, -0.2) is 36.3 Å². The molecule has 0 saturated carbocycles. The van der Waals surface area contributed by atoms with Gasteiger partial charge in [0.15, 0.2) is 15.7 Å². The van der Waals surface area contributed by atoms with Crippen LogP contribution in [0.2, 0.25) is 0 Å². The summed E-state index contributed by atoms with van der Waals surface area (Å²) in [7, 11) is -1.76. The fraction of sp³-hybridized carbons (Fsp3) is 0.280. The van der Waals surface area contributed by atoms with Crippen molar-refractivity contribution in [2.45, 2.75) is 30.2 Å². The lowest BCUT2D eigenvalue weighted by molar-refractivity contribution is 0.314. The number of nitrogens with one attached hydrogen (secondary N) is 2. The molecule has 2 aromatic carbocycles. The number of hydrogen-bond acceptors (Lipinski definition) is 8. The second-order valence-corrected chi connectivity index (χ2v) is 10.00. The van der Waals surface area contributed by atoms with E-state index in [9.17, 15) is 8.42 Å². The molecule has 0 fully saturated rings. The number of sulfone groups is 1. The first kappa shape index (κ1) is 24.5. The standard InChI is InChI=1S/C25H29N5O4S/c1-30-25(28-24(29-30)19-35(31,32)23-11-3-2-4-12-23)27-13-7-15-33-21-9-5-8-20(16-21)17-26-18-22-10-6-14-34-22/h2-6,8-12,14,16,26H,7,13,15,17-19H2,1H3,(H,27,28,29). The van der Waals surface area contributed by atoms with Crippen molar-refractivity contribution in [3.63, 3.8) is 0 Å². The summed E-state index contributed by atoms with van der Waals surface area (Å²) in [6.07, 6.45) is 2.41. The van der Waals surface area contributed by atoms with Crippen molar-refractivity contribution in [3.05, 3.63) is 90.1 Å². The van der Waals surface area contributed by atoms with Gasteiger partial charge in [-0.05, 0) is 48.4 Å². The normalized spacial score (nSPS) is 11.5. The van der Waals surface area contributed by atoms with Gasteiger partial charge in [0.1, 0.15) is 17.3 Å². The number of aromatic nitrogens is 3. The first-order chi connectivity index (χ1) is 17.0. The van der Waals surface area contributed by atoms with Crippen LogP contribution in [0.3, 0.4) is 0 Å². The number of furan rings is 1. The van der Waals surface area contributed by atoms with Crippen LogP contribution in [0.15, 0.2) is 82.3 Å². The summed E-state index contributed by atoms with van der Waals surface area (Å²) < 4.78 is 37.9. The Kier molecular flexibility index (Phi) is 8.17. The molecule has 0 atom stereocenters. The predicted molar refractivity (Wildman–Crippen MR) is 133 cm³/mol. The smallest absolute Gasteiger partial charge is 0.221 e. The average molecular weight is 496 g/mol. The molecule has 0 bridgehead atoms. The molecular weight excluding hydrogens is 466 g/mol. The molecule has 0 unspecified atom stereocenters. The Balaban J connectivity index is 1.19. The molecule has 0 spiro atoms. The van der Waals surface area contributed by atoms with Gasteiger partial charge < -0.3 is 19.8 Å². The summed E-state index contributed by atoms with van der Waals surface area (Å²) in [6.45, 7) is 2.53. The summed E-state index contributed by atoms with van der Waals surface area (Å²) in [5.41, 5.74) is 1.13. The van der Waals surface area contributed by atoms with E-state index in [4.69, 9.17) is 9.15 Å². The van der Waals surface area contributed by atoms with E-state index in [0.29, 0.717) is 32.2 Å². The number of benzene rings is 2. The van der Waals surface area contributed by atoms with Gasteiger partial charge in [-0.3, -0.25) is 0 Å². The van der Waals surface area contributed by atoms with Crippen molar-refractivity contribution < 1.29 is 17.6 Å². The number of rotatable bonds is 13. The van der Waals surface area contributed by atoms with Gasteiger partial charge in [0.05, 0.1) is 24.3 Å². The minimum absolute atomic E-state index is 0.248. The fourth-order valence-corrected chi connectivity index (χ4v) is 4.69. The van der Waals surface area contributed by atoms with E-state index in [0.717, 1.165) is 23.5 Å². The summed E-state index contributed by atoms with van der Waals surface area (Å²) in [4.78, 5) is 4.60. The quantitative estimate of drug-likeness (QED) is 0.271. The zero-order valence-electron chi connectivity index (χ0n) is 19.6. The highest BCUT2D eigenvalue weighted by Crippen LogP contribution is 2.16. The molecule has 2 heterocycles. The Morgan fingerprint density at radius 1 is 1.03 bits per heavy atom. The summed E-state index contributed by atoms with van der Waals surface area (Å²) in [6, 6.07) is 20.1. The van der Waals surface area contributed by atoms with Crippen molar-refractivity contribution in [1.29, 1.82) is 0 Å². The lowest BCUT2D eigenvalue weighted by Crippen LogP contribution is -2.12. The maximum absolute atomic E-state index is 12.6. The van der Waals surface area contributed by atoms with Crippen molar-refractivity contribution in [3.8, 4) is 5.75 Å². The molecule has 35 heavy (non-hydrogen) atoms. The molecule has 0 aliphatic heterocycles. The van der Waals surface area contributed by atoms with Crippen LogP contribution in [0.4, 0.5) is 5.95 Å². The third-order valence-electron chi connectivity index (χ3n) is 5.21. The molecule has 0 aliphatic carbocycles. The molecule has 9 nitrogen and oxygen atoms in total. The van der Waals surface area contributed by atoms with Crippen molar-refractivity contribution in [2.24, 2.45) is 7.05 Å². The van der Waals surface area contributed by atoms with E-state index in [1.165, 1.54) is 0 Å². The monoisotopic (exact) mass is 495 g/mol. The SMILES string of the molecule is Cn1nc(CS(=O)(=O)c2ccccc2)nc1NCCCOc1cccc(CNCc2ccco2)c1. The van der Waals surface area contributed by atoms with Crippen LogP contribution >= 0.6 is 0 Å². The van der Waals surface area contributed by atoms with Gasteiger partial charge in [-0.15, -0.1) is 0 Å². The van der Waals surface area contributed by atoms with Gasteiger partial charge >= 0.3 is 0 Å². The zero-order chi connectivity index (χ0) is 24.5. The Bertz CT molecular complexity index is 1300. The van der Waals surface area contributed by atoms with Gasteiger partial charge in [0.25, 0.3) is 0 Å². The Morgan fingerprint density at radius 3 is 2.69 bits per heavy atom. The van der Waals surface area contributed by atoms with Crippen molar-refractivity contribution in [2.75, 3.05) is 18.5 Å². The first-order valence-electron chi connectivity index (χ1n) is 11.4. The number of anilines is 1. The third-order valence-corrected chi connectivity index (χ3v) is 6.84. The van der Waals surface area contributed by atoms with E-state index in [1.54, 1.807) is 48.3 Å². The predicted octanol–water partition coefficient (Wildman–Crippen LogP) is 3.55. The molecular formula is C25H29N5O4S. The second kappa shape index (κ2) is 11.7. The lowest BCUT2D eigenvalue weighted by Gasteiger charge is -2.09. The van der Waals surface area contributed by atoms with Gasteiger partial charge in [0, 0.05) is 20.1 Å². The van der Waals surface area contributed by atoms with Gasteiger partial charge in [-0.1, -0.05) is 30.3 Å². The van der Waals surface area contributed by atoms with E-state index < -0.39 is 9.84 Å². The van der Waals surface area contributed by atoms with Crippen LogP contribution in [-0.2, 0) is 35.7 Å². The molecule has 0 amide bonds. The van der Waals surface area contributed by atoms with E-state index in [1.807, 2.05) is 36.4 Å². The Labute approximate surface area is 205 Å².